The van der Waals surface area contributed by atoms with E-state index in [9.17, 15) is 0 Å². The van der Waals surface area contributed by atoms with Crippen molar-refractivity contribution in [3.05, 3.63) is 53.1 Å². The standard InChI is InChI=1S/C19H19ClN2O/c20-16-7-3-2-6-15(16)19-21-17-12-14(8-9-18(17)23-19)13-22-10-4-1-5-11-22/h2-3,6-9,12H,1,4-5,10-11,13H2. The third-order valence-electron chi connectivity index (χ3n) is 4.41. The number of rotatable bonds is 3. The summed E-state index contributed by atoms with van der Waals surface area (Å²) in [5.41, 5.74) is 3.83. The maximum atomic E-state index is 6.24. The Bertz CT molecular complexity index is 821. The average molecular weight is 327 g/mol. The van der Waals surface area contributed by atoms with Gasteiger partial charge in [0.15, 0.2) is 5.58 Å². The molecule has 1 aliphatic heterocycles. The van der Waals surface area contributed by atoms with Crippen LogP contribution in [0.25, 0.3) is 22.6 Å². The number of benzene rings is 2. The summed E-state index contributed by atoms with van der Waals surface area (Å²) in [6, 6.07) is 13.9. The Balaban J connectivity index is 1.63. The van der Waals surface area contributed by atoms with Crippen molar-refractivity contribution in [1.29, 1.82) is 0 Å². The Morgan fingerprint density at radius 1 is 1.04 bits per heavy atom. The van der Waals surface area contributed by atoms with Crippen LogP contribution in [-0.4, -0.2) is 23.0 Å². The lowest BCUT2D eigenvalue weighted by Crippen LogP contribution is -2.29. The highest BCUT2D eigenvalue weighted by Gasteiger charge is 2.14. The molecule has 4 rings (SSSR count). The third kappa shape index (κ3) is 3.12. The number of hydrogen-bond donors (Lipinski definition) is 0. The normalized spacial score (nSPS) is 16.0. The first-order valence-electron chi connectivity index (χ1n) is 8.16. The lowest BCUT2D eigenvalue weighted by atomic mass is 10.1. The molecule has 0 atom stereocenters. The molecule has 3 aromatic rings. The van der Waals surface area contributed by atoms with Crippen molar-refractivity contribution < 1.29 is 4.42 Å². The van der Waals surface area contributed by atoms with Crippen LogP contribution in [0.2, 0.25) is 5.02 Å². The molecule has 4 heteroatoms. The van der Waals surface area contributed by atoms with Crippen LogP contribution in [0.15, 0.2) is 46.9 Å². The summed E-state index contributed by atoms with van der Waals surface area (Å²) in [4.78, 5) is 7.14. The molecule has 0 unspecified atom stereocenters. The van der Waals surface area contributed by atoms with Crippen molar-refractivity contribution in [3.8, 4) is 11.5 Å². The van der Waals surface area contributed by atoms with Gasteiger partial charge in [-0.3, -0.25) is 4.90 Å². The van der Waals surface area contributed by atoms with Crippen LogP contribution in [-0.2, 0) is 6.54 Å². The van der Waals surface area contributed by atoms with Crippen molar-refractivity contribution in [1.82, 2.24) is 9.88 Å². The Hall–Kier alpha value is -1.84. The fourth-order valence-corrected chi connectivity index (χ4v) is 3.41. The van der Waals surface area contributed by atoms with E-state index in [1.165, 1.54) is 37.9 Å². The lowest BCUT2D eigenvalue weighted by molar-refractivity contribution is 0.221. The SMILES string of the molecule is Clc1ccccc1-c1nc2cc(CN3CCCCC3)ccc2o1. The maximum Gasteiger partial charge on any atom is 0.228 e. The summed E-state index contributed by atoms with van der Waals surface area (Å²) >= 11 is 6.24. The molecule has 0 radical (unpaired) electrons. The number of fused-ring (bicyclic) bond motifs is 1. The largest absolute Gasteiger partial charge is 0.436 e. The Morgan fingerprint density at radius 2 is 1.87 bits per heavy atom. The summed E-state index contributed by atoms with van der Waals surface area (Å²) < 4.78 is 5.87. The van der Waals surface area contributed by atoms with Crippen molar-refractivity contribution in [2.45, 2.75) is 25.8 Å². The van der Waals surface area contributed by atoms with Crippen molar-refractivity contribution in [2.24, 2.45) is 0 Å². The topological polar surface area (TPSA) is 29.3 Å². The zero-order valence-corrected chi connectivity index (χ0v) is 13.7. The zero-order valence-electron chi connectivity index (χ0n) is 13.0. The van der Waals surface area contributed by atoms with Gasteiger partial charge in [-0.1, -0.05) is 36.2 Å². The Kier molecular flexibility index (Phi) is 4.06. The third-order valence-corrected chi connectivity index (χ3v) is 4.74. The van der Waals surface area contributed by atoms with Gasteiger partial charge in [-0.2, -0.15) is 0 Å². The lowest BCUT2D eigenvalue weighted by Gasteiger charge is -2.26. The second kappa shape index (κ2) is 6.34. The second-order valence-electron chi connectivity index (χ2n) is 6.14. The molecule has 1 aliphatic rings. The van der Waals surface area contributed by atoms with Crippen LogP contribution in [0.1, 0.15) is 24.8 Å². The molecule has 0 amide bonds. The monoisotopic (exact) mass is 326 g/mol. The molecular formula is C19H19ClN2O. The van der Waals surface area contributed by atoms with Crippen molar-refractivity contribution in [2.75, 3.05) is 13.1 Å². The van der Waals surface area contributed by atoms with Crippen LogP contribution in [0.5, 0.6) is 0 Å². The number of hydrogen-bond acceptors (Lipinski definition) is 3. The van der Waals surface area contributed by atoms with E-state index >= 15 is 0 Å². The first-order chi connectivity index (χ1) is 11.3. The molecule has 0 saturated carbocycles. The number of halogens is 1. The predicted molar refractivity (Wildman–Crippen MR) is 93.6 cm³/mol. The zero-order chi connectivity index (χ0) is 15.6. The maximum absolute atomic E-state index is 6.24. The van der Waals surface area contributed by atoms with E-state index in [4.69, 9.17) is 16.0 Å². The minimum atomic E-state index is 0.584. The summed E-state index contributed by atoms with van der Waals surface area (Å²) in [5, 5.41) is 0.660. The van der Waals surface area contributed by atoms with Gasteiger partial charge in [-0.05, 0) is 55.8 Å². The molecule has 1 aromatic heterocycles. The Morgan fingerprint density at radius 3 is 2.70 bits per heavy atom. The first kappa shape index (κ1) is 14.7. The molecule has 0 aliphatic carbocycles. The summed E-state index contributed by atoms with van der Waals surface area (Å²) in [7, 11) is 0. The molecule has 0 N–H and O–H groups in total. The number of likely N-dealkylation sites (tertiary alicyclic amines) is 1. The van der Waals surface area contributed by atoms with Gasteiger partial charge >= 0.3 is 0 Å². The first-order valence-corrected chi connectivity index (χ1v) is 8.54. The minimum Gasteiger partial charge on any atom is -0.436 e. The van der Waals surface area contributed by atoms with Crippen LogP contribution < -0.4 is 0 Å². The molecule has 0 bridgehead atoms. The number of piperidine rings is 1. The van der Waals surface area contributed by atoms with Crippen molar-refractivity contribution in [3.63, 3.8) is 0 Å². The number of oxazole rings is 1. The fraction of sp³-hybridized carbons (Fsp3) is 0.316. The molecule has 2 aromatic carbocycles. The fourth-order valence-electron chi connectivity index (χ4n) is 3.20. The highest BCUT2D eigenvalue weighted by Crippen LogP contribution is 2.30. The Labute approximate surface area is 140 Å². The van der Waals surface area contributed by atoms with E-state index in [2.05, 4.69) is 22.0 Å². The van der Waals surface area contributed by atoms with E-state index in [1.807, 2.05) is 30.3 Å². The molecule has 2 heterocycles. The average Bonchev–Trinajstić information content (AvgIpc) is 2.99. The quantitative estimate of drug-likeness (QED) is 0.667. The van der Waals surface area contributed by atoms with Gasteiger partial charge in [0.25, 0.3) is 0 Å². The number of nitrogens with zero attached hydrogens (tertiary/aromatic N) is 2. The van der Waals surface area contributed by atoms with Crippen LogP contribution in [0.4, 0.5) is 0 Å². The van der Waals surface area contributed by atoms with Gasteiger partial charge < -0.3 is 4.42 Å². The van der Waals surface area contributed by atoms with Crippen LogP contribution in [0, 0.1) is 0 Å². The van der Waals surface area contributed by atoms with Crippen LogP contribution >= 0.6 is 11.6 Å². The molecule has 1 saturated heterocycles. The summed E-state index contributed by atoms with van der Waals surface area (Å²) in [6.45, 7) is 3.38. The summed E-state index contributed by atoms with van der Waals surface area (Å²) in [5.74, 6) is 0.584. The number of aromatic nitrogens is 1. The van der Waals surface area contributed by atoms with E-state index in [0.29, 0.717) is 10.9 Å². The molecule has 23 heavy (non-hydrogen) atoms. The van der Waals surface area contributed by atoms with Gasteiger partial charge in [-0.15, -0.1) is 0 Å². The van der Waals surface area contributed by atoms with E-state index in [-0.39, 0.29) is 0 Å². The van der Waals surface area contributed by atoms with Gasteiger partial charge in [0.05, 0.1) is 10.6 Å². The smallest absolute Gasteiger partial charge is 0.228 e. The van der Waals surface area contributed by atoms with Gasteiger partial charge in [-0.25, -0.2) is 4.98 Å². The second-order valence-corrected chi connectivity index (χ2v) is 6.54. The van der Waals surface area contributed by atoms with E-state index in [0.717, 1.165) is 23.2 Å². The van der Waals surface area contributed by atoms with Gasteiger partial charge in [0.1, 0.15) is 5.52 Å². The molecule has 1 fully saturated rings. The highest BCUT2D eigenvalue weighted by atomic mass is 35.5. The van der Waals surface area contributed by atoms with Gasteiger partial charge in [0, 0.05) is 6.54 Å². The summed E-state index contributed by atoms with van der Waals surface area (Å²) in [6.07, 6.45) is 3.98. The molecule has 118 valence electrons. The van der Waals surface area contributed by atoms with E-state index in [1.54, 1.807) is 0 Å². The van der Waals surface area contributed by atoms with Crippen LogP contribution in [0.3, 0.4) is 0 Å². The minimum absolute atomic E-state index is 0.584. The molecule has 0 spiro atoms. The molecule has 3 nitrogen and oxygen atoms in total. The van der Waals surface area contributed by atoms with Gasteiger partial charge in [0.2, 0.25) is 5.89 Å². The van der Waals surface area contributed by atoms with Crippen molar-refractivity contribution >= 4 is 22.7 Å². The predicted octanol–water partition coefficient (Wildman–Crippen LogP) is 5.13. The van der Waals surface area contributed by atoms with E-state index < -0.39 is 0 Å². The highest BCUT2D eigenvalue weighted by molar-refractivity contribution is 6.33. The molecular weight excluding hydrogens is 308 g/mol.